The highest BCUT2D eigenvalue weighted by atomic mass is 19.1. The van der Waals surface area contributed by atoms with Crippen LogP contribution in [0.2, 0.25) is 0 Å². The summed E-state index contributed by atoms with van der Waals surface area (Å²) in [6.45, 7) is 5.01. The van der Waals surface area contributed by atoms with Gasteiger partial charge < -0.3 is 5.32 Å². The maximum Gasteiger partial charge on any atom is 0.127 e. The maximum atomic E-state index is 13.5. The third kappa shape index (κ3) is 3.29. The van der Waals surface area contributed by atoms with Crippen molar-refractivity contribution in [2.24, 2.45) is 0 Å². The van der Waals surface area contributed by atoms with Gasteiger partial charge in [-0.05, 0) is 45.1 Å². The van der Waals surface area contributed by atoms with Crippen molar-refractivity contribution in [2.75, 3.05) is 26.2 Å². The molecule has 1 aromatic carbocycles. The molecule has 0 spiro atoms. The van der Waals surface area contributed by atoms with Crippen LogP contribution >= 0.6 is 0 Å². The van der Waals surface area contributed by atoms with Crippen LogP contribution in [0.3, 0.4) is 0 Å². The number of benzene rings is 1. The van der Waals surface area contributed by atoms with Gasteiger partial charge in [0.15, 0.2) is 0 Å². The first-order valence-electron chi connectivity index (χ1n) is 6.03. The molecule has 1 fully saturated rings. The van der Waals surface area contributed by atoms with Crippen LogP contribution in [0, 0.1) is 5.82 Å². The van der Waals surface area contributed by atoms with Gasteiger partial charge in [-0.2, -0.15) is 0 Å². The van der Waals surface area contributed by atoms with E-state index in [1.807, 2.05) is 12.1 Å². The van der Waals surface area contributed by atoms with Gasteiger partial charge in [0.2, 0.25) is 0 Å². The summed E-state index contributed by atoms with van der Waals surface area (Å²) in [6, 6.07) is 7.08. The lowest BCUT2D eigenvalue weighted by Crippen LogP contribution is -2.33. The standard InChI is InChI=1S/C13H19FN2/c14-13-6-2-1-5-12(13)11-16-9-3-7-15-8-4-10-16/h1-2,5-6,15H,3-4,7-11H2. The molecule has 0 unspecified atom stereocenters. The highest BCUT2D eigenvalue weighted by Gasteiger charge is 2.10. The Hall–Kier alpha value is -0.930. The van der Waals surface area contributed by atoms with Crippen LogP contribution < -0.4 is 5.32 Å². The monoisotopic (exact) mass is 222 g/mol. The Bertz CT molecular complexity index is 319. The van der Waals surface area contributed by atoms with E-state index in [2.05, 4.69) is 10.2 Å². The second kappa shape index (κ2) is 5.97. The van der Waals surface area contributed by atoms with Gasteiger partial charge in [0.1, 0.15) is 5.82 Å². The van der Waals surface area contributed by atoms with Crippen LogP contribution in [0.25, 0.3) is 0 Å². The summed E-state index contributed by atoms with van der Waals surface area (Å²) in [5.74, 6) is -0.0808. The summed E-state index contributed by atoms with van der Waals surface area (Å²) in [7, 11) is 0. The van der Waals surface area contributed by atoms with Crippen LogP contribution in [0.4, 0.5) is 4.39 Å². The lowest BCUT2D eigenvalue weighted by Gasteiger charge is -2.25. The van der Waals surface area contributed by atoms with Crippen LogP contribution in [0.5, 0.6) is 0 Å². The zero-order chi connectivity index (χ0) is 11.2. The van der Waals surface area contributed by atoms with E-state index in [1.165, 1.54) is 0 Å². The minimum atomic E-state index is -0.0808. The van der Waals surface area contributed by atoms with Gasteiger partial charge in [0.05, 0.1) is 0 Å². The Morgan fingerprint density at radius 1 is 1.12 bits per heavy atom. The molecule has 1 saturated heterocycles. The summed E-state index contributed by atoms with van der Waals surface area (Å²) in [4.78, 5) is 2.35. The van der Waals surface area contributed by atoms with Gasteiger partial charge in [-0.25, -0.2) is 4.39 Å². The van der Waals surface area contributed by atoms with E-state index in [4.69, 9.17) is 0 Å². The molecule has 0 saturated carbocycles. The molecule has 0 bridgehead atoms. The third-order valence-corrected chi connectivity index (χ3v) is 3.01. The number of nitrogens with one attached hydrogen (secondary N) is 1. The normalized spacial score (nSPS) is 19.1. The predicted molar refractivity (Wildman–Crippen MR) is 63.8 cm³/mol. The molecule has 1 aliphatic heterocycles. The third-order valence-electron chi connectivity index (χ3n) is 3.01. The number of rotatable bonds is 2. The fourth-order valence-electron chi connectivity index (χ4n) is 2.12. The van der Waals surface area contributed by atoms with Gasteiger partial charge >= 0.3 is 0 Å². The van der Waals surface area contributed by atoms with Crippen molar-refractivity contribution in [1.29, 1.82) is 0 Å². The molecule has 1 N–H and O–H groups in total. The summed E-state index contributed by atoms with van der Waals surface area (Å²) in [5, 5.41) is 3.38. The smallest absolute Gasteiger partial charge is 0.127 e. The number of nitrogens with zero attached hydrogens (tertiary/aromatic N) is 1. The second-order valence-electron chi connectivity index (χ2n) is 4.32. The van der Waals surface area contributed by atoms with E-state index >= 15 is 0 Å². The molecule has 2 rings (SSSR count). The first-order chi connectivity index (χ1) is 7.86. The quantitative estimate of drug-likeness (QED) is 0.823. The minimum absolute atomic E-state index is 0.0808. The predicted octanol–water partition coefficient (Wildman–Crippen LogP) is 2.01. The highest BCUT2D eigenvalue weighted by Crippen LogP contribution is 2.11. The summed E-state index contributed by atoms with van der Waals surface area (Å²) in [5.41, 5.74) is 0.816. The Balaban J connectivity index is 1.94. The van der Waals surface area contributed by atoms with Crippen molar-refractivity contribution in [2.45, 2.75) is 19.4 Å². The SMILES string of the molecule is Fc1ccccc1CN1CCCNCCC1. The van der Waals surface area contributed by atoms with E-state index in [-0.39, 0.29) is 5.82 Å². The molecule has 16 heavy (non-hydrogen) atoms. The molecular weight excluding hydrogens is 203 g/mol. The summed E-state index contributed by atoms with van der Waals surface area (Å²) >= 11 is 0. The van der Waals surface area contributed by atoms with Gasteiger partial charge in [0.25, 0.3) is 0 Å². The van der Waals surface area contributed by atoms with Crippen LogP contribution in [0.15, 0.2) is 24.3 Å². The van der Waals surface area contributed by atoms with Crippen LogP contribution in [-0.4, -0.2) is 31.1 Å². The second-order valence-corrected chi connectivity index (χ2v) is 4.32. The molecule has 0 radical (unpaired) electrons. The summed E-state index contributed by atoms with van der Waals surface area (Å²) in [6.07, 6.45) is 2.29. The zero-order valence-electron chi connectivity index (χ0n) is 9.58. The topological polar surface area (TPSA) is 15.3 Å². The average Bonchev–Trinajstić information content (AvgIpc) is 2.24. The van der Waals surface area contributed by atoms with Gasteiger partial charge in [0, 0.05) is 12.1 Å². The first kappa shape index (κ1) is 11.6. The molecule has 1 heterocycles. The average molecular weight is 222 g/mol. The Morgan fingerprint density at radius 2 is 1.81 bits per heavy atom. The van der Waals surface area contributed by atoms with Gasteiger partial charge in [-0.3, -0.25) is 4.90 Å². The maximum absolute atomic E-state index is 13.5. The minimum Gasteiger partial charge on any atom is -0.317 e. The molecule has 3 heteroatoms. The molecule has 2 nitrogen and oxygen atoms in total. The molecule has 0 aromatic heterocycles. The van der Waals surface area contributed by atoms with Crippen molar-refractivity contribution < 1.29 is 4.39 Å². The number of hydrogen-bond acceptors (Lipinski definition) is 2. The van der Waals surface area contributed by atoms with Crippen molar-refractivity contribution in [3.8, 4) is 0 Å². The van der Waals surface area contributed by atoms with Gasteiger partial charge in [-0.15, -0.1) is 0 Å². The fourth-order valence-corrected chi connectivity index (χ4v) is 2.12. The van der Waals surface area contributed by atoms with E-state index in [0.29, 0.717) is 0 Å². The molecular formula is C13H19FN2. The van der Waals surface area contributed by atoms with Crippen LogP contribution in [-0.2, 0) is 6.54 Å². The molecule has 0 aliphatic carbocycles. The summed E-state index contributed by atoms with van der Waals surface area (Å²) < 4.78 is 13.5. The molecule has 0 amide bonds. The molecule has 0 atom stereocenters. The van der Waals surface area contributed by atoms with E-state index in [9.17, 15) is 4.39 Å². The van der Waals surface area contributed by atoms with E-state index in [0.717, 1.165) is 51.1 Å². The number of hydrogen-bond donors (Lipinski definition) is 1. The number of halogens is 1. The van der Waals surface area contributed by atoms with Crippen molar-refractivity contribution in [3.63, 3.8) is 0 Å². The largest absolute Gasteiger partial charge is 0.317 e. The Kier molecular flexibility index (Phi) is 4.31. The lowest BCUT2D eigenvalue weighted by atomic mass is 10.2. The van der Waals surface area contributed by atoms with Crippen LogP contribution in [0.1, 0.15) is 18.4 Å². The Labute approximate surface area is 96.5 Å². The zero-order valence-corrected chi connectivity index (χ0v) is 9.58. The van der Waals surface area contributed by atoms with E-state index in [1.54, 1.807) is 12.1 Å². The Morgan fingerprint density at radius 3 is 2.50 bits per heavy atom. The van der Waals surface area contributed by atoms with E-state index < -0.39 is 0 Å². The lowest BCUT2D eigenvalue weighted by molar-refractivity contribution is 0.242. The van der Waals surface area contributed by atoms with Crippen molar-refractivity contribution in [1.82, 2.24) is 10.2 Å². The highest BCUT2D eigenvalue weighted by molar-refractivity contribution is 5.17. The van der Waals surface area contributed by atoms with Gasteiger partial charge in [-0.1, -0.05) is 18.2 Å². The van der Waals surface area contributed by atoms with Crippen molar-refractivity contribution >= 4 is 0 Å². The molecule has 1 aromatic rings. The fraction of sp³-hybridized carbons (Fsp3) is 0.538. The molecule has 88 valence electrons. The molecule has 1 aliphatic rings. The first-order valence-corrected chi connectivity index (χ1v) is 6.03. The van der Waals surface area contributed by atoms with Crippen molar-refractivity contribution in [3.05, 3.63) is 35.6 Å².